The summed E-state index contributed by atoms with van der Waals surface area (Å²) in [6.45, 7) is 2.19. The van der Waals surface area contributed by atoms with Crippen molar-refractivity contribution in [1.29, 1.82) is 5.26 Å². The number of hydrogen-bond acceptors (Lipinski definition) is 5. The predicted octanol–water partition coefficient (Wildman–Crippen LogP) is 3.66. The Morgan fingerprint density at radius 1 is 1.27 bits per heavy atom. The van der Waals surface area contributed by atoms with Crippen molar-refractivity contribution < 1.29 is 17.9 Å². The lowest BCUT2D eigenvalue weighted by atomic mass is 10.0. The lowest BCUT2D eigenvalue weighted by Gasteiger charge is -2.37. The minimum Gasteiger partial charge on any atom is -0.363 e. The monoisotopic (exact) mass is 415 g/mol. The van der Waals surface area contributed by atoms with Crippen LogP contribution in [0.2, 0.25) is 0 Å². The number of ether oxygens (including phenoxy) is 1. The first-order valence-electron chi connectivity index (χ1n) is 9.50. The lowest BCUT2D eigenvalue weighted by Crippen LogP contribution is -2.51. The first-order valence-corrected chi connectivity index (χ1v) is 9.50. The molecule has 2 aromatic heterocycles. The first-order chi connectivity index (χ1) is 14.2. The maximum Gasteiger partial charge on any atom is 0.415 e. The molecule has 0 amide bonds. The number of nitriles is 1. The molecule has 3 aromatic rings. The van der Waals surface area contributed by atoms with Crippen molar-refractivity contribution in [3.63, 3.8) is 0 Å². The summed E-state index contributed by atoms with van der Waals surface area (Å²) >= 11 is 0. The molecule has 0 radical (unpaired) electrons. The van der Waals surface area contributed by atoms with E-state index < -0.39 is 18.4 Å². The number of rotatable bonds is 3. The summed E-state index contributed by atoms with van der Waals surface area (Å²) < 4.78 is 46.1. The SMILES string of the molecule is CC1CN(Cc2ccc3c(-c4cnn(C)c4)cc(C#N)nc3c2)CC(C(F)(F)F)O1. The molecule has 2 atom stereocenters. The first kappa shape index (κ1) is 20.3. The summed E-state index contributed by atoms with van der Waals surface area (Å²) in [5.74, 6) is 0. The highest BCUT2D eigenvalue weighted by Gasteiger charge is 2.44. The van der Waals surface area contributed by atoms with Crippen LogP contribution in [-0.2, 0) is 18.3 Å². The Morgan fingerprint density at radius 2 is 2.07 bits per heavy atom. The molecular weight excluding hydrogens is 395 g/mol. The molecule has 1 saturated heterocycles. The number of aromatic nitrogens is 3. The van der Waals surface area contributed by atoms with E-state index in [4.69, 9.17) is 4.74 Å². The molecule has 1 aliphatic heterocycles. The van der Waals surface area contributed by atoms with Gasteiger partial charge in [-0.15, -0.1) is 0 Å². The molecule has 1 fully saturated rings. The van der Waals surface area contributed by atoms with E-state index in [1.54, 1.807) is 28.8 Å². The van der Waals surface area contributed by atoms with E-state index in [0.29, 0.717) is 18.6 Å². The molecule has 0 bridgehead atoms. The van der Waals surface area contributed by atoms with E-state index in [2.05, 4.69) is 16.2 Å². The molecule has 30 heavy (non-hydrogen) atoms. The number of fused-ring (bicyclic) bond motifs is 1. The maximum atomic E-state index is 13.1. The molecule has 0 aliphatic carbocycles. The van der Waals surface area contributed by atoms with Gasteiger partial charge in [-0.05, 0) is 30.2 Å². The van der Waals surface area contributed by atoms with Gasteiger partial charge >= 0.3 is 6.18 Å². The zero-order valence-corrected chi connectivity index (χ0v) is 16.5. The van der Waals surface area contributed by atoms with Gasteiger partial charge in [-0.25, -0.2) is 4.98 Å². The Bertz CT molecular complexity index is 1120. The minimum atomic E-state index is -4.39. The van der Waals surface area contributed by atoms with Crippen LogP contribution < -0.4 is 0 Å². The van der Waals surface area contributed by atoms with Crippen LogP contribution in [-0.4, -0.2) is 51.1 Å². The highest BCUT2D eigenvalue weighted by atomic mass is 19.4. The van der Waals surface area contributed by atoms with Crippen LogP contribution in [0.5, 0.6) is 0 Å². The van der Waals surface area contributed by atoms with Gasteiger partial charge in [0.05, 0.1) is 17.8 Å². The van der Waals surface area contributed by atoms with Crippen molar-refractivity contribution in [3.05, 3.63) is 47.9 Å². The van der Waals surface area contributed by atoms with Gasteiger partial charge in [-0.1, -0.05) is 12.1 Å². The number of benzene rings is 1. The highest BCUT2D eigenvalue weighted by molar-refractivity contribution is 5.95. The third kappa shape index (κ3) is 4.15. The van der Waals surface area contributed by atoms with Gasteiger partial charge in [0.1, 0.15) is 11.8 Å². The van der Waals surface area contributed by atoms with Crippen LogP contribution in [0.4, 0.5) is 13.2 Å². The molecule has 3 heterocycles. The standard InChI is InChI=1S/C21H20F3N5O/c1-13-9-29(12-20(30-13)21(22,23)24)10-14-3-4-17-18(15-8-26-28(2)11-15)6-16(7-25)27-19(17)5-14/h3-6,8,11,13,20H,9-10,12H2,1-2H3. The van der Waals surface area contributed by atoms with Gasteiger partial charge < -0.3 is 4.74 Å². The van der Waals surface area contributed by atoms with Crippen molar-refractivity contribution >= 4 is 10.9 Å². The fourth-order valence-electron chi connectivity index (χ4n) is 3.84. The van der Waals surface area contributed by atoms with Crippen LogP contribution in [0, 0.1) is 11.3 Å². The molecule has 0 spiro atoms. The second kappa shape index (κ2) is 7.70. The minimum absolute atomic E-state index is 0.210. The van der Waals surface area contributed by atoms with E-state index in [9.17, 15) is 18.4 Å². The maximum absolute atomic E-state index is 13.1. The fourth-order valence-corrected chi connectivity index (χ4v) is 3.84. The number of pyridine rings is 1. The molecule has 1 aliphatic rings. The molecule has 0 saturated carbocycles. The zero-order valence-electron chi connectivity index (χ0n) is 16.5. The fraction of sp³-hybridized carbons (Fsp3) is 0.381. The summed E-state index contributed by atoms with van der Waals surface area (Å²) in [6, 6.07) is 9.41. The average Bonchev–Trinajstić information content (AvgIpc) is 3.12. The van der Waals surface area contributed by atoms with E-state index in [-0.39, 0.29) is 12.2 Å². The van der Waals surface area contributed by atoms with Crippen molar-refractivity contribution in [3.8, 4) is 17.2 Å². The van der Waals surface area contributed by atoms with Gasteiger partial charge in [0.15, 0.2) is 6.10 Å². The van der Waals surface area contributed by atoms with Crippen molar-refractivity contribution in [2.24, 2.45) is 7.05 Å². The summed E-state index contributed by atoms with van der Waals surface area (Å²) in [6.07, 6.45) is -3.11. The van der Waals surface area contributed by atoms with E-state index >= 15 is 0 Å². The number of morpholine rings is 1. The third-order valence-electron chi connectivity index (χ3n) is 5.11. The molecule has 2 unspecified atom stereocenters. The van der Waals surface area contributed by atoms with E-state index in [1.165, 1.54) is 0 Å². The topological polar surface area (TPSA) is 67.0 Å². The normalized spacial score (nSPS) is 20.4. The van der Waals surface area contributed by atoms with Crippen LogP contribution in [0.1, 0.15) is 18.2 Å². The molecule has 9 heteroatoms. The van der Waals surface area contributed by atoms with Gasteiger partial charge in [0.2, 0.25) is 0 Å². The quantitative estimate of drug-likeness (QED) is 0.653. The number of aryl methyl sites for hydroxylation is 1. The summed E-state index contributed by atoms with van der Waals surface area (Å²) in [4.78, 5) is 6.14. The number of hydrogen-bond donors (Lipinski definition) is 0. The number of nitrogens with zero attached hydrogens (tertiary/aromatic N) is 5. The van der Waals surface area contributed by atoms with Crippen LogP contribution >= 0.6 is 0 Å². The van der Waals surface area contributed by atoms with Gasteiger partial charge in [-0.2, -0.15) is 23.5 Å². The Morgan fingerprint density at radius 3 is 2.73 bits per heavy atom. The number of halogens is 3. The summed E-state index contributed by atoms with van der Waals surface area (Å²) in [5.41, 5.74) is 3.43. The second-order valence-electron chi connectivity index (χ2n) is 7.59. The molecule has 0 N–H and O–H groups in total. The Hall–Kier alpha value is -2.96. The second-order valence-corrected chi connectivity index (χ2v) is 7.59. The van der Waals surface area contributed by atoms with Gasteiger partial charge in [-0.3, -0.25) is 9.58 Å². The zero-order chi connectivity index (χ0) is 21.5. The Balaban J connectivity index is 1.66. The van der Waals surface area contributed by atoms with Crippen molar-refractivity contribution in [2.75, 3.05) is 13.1 Å². The largest absolute Gasteiger partial charge is 0.415 e. The van der Waals surface area contributed by atoms with Crippen LogP contribution in [0.15, 0.2) is 36.7 Å². The summed E-state index contributed by atoms with van der Waals surface area (Å²) in [7, 11) is 1.81. The predicted molar refractivity (Wildman–Crippen MR) is 104 cm³/mol. The smallest absolute Gasteiger partial charge is 0.363 e. The van der Waals surface area contributed by atoms with E-state index in [1.807, 2.05) is 31.4 Å². The lowest BCUT2D eigenvalue weighted by molar-refractivity contribution is -0.252. The molecular formula is C21H20F3N5O. The van der Waals surface area contributed by atoms with Crippen LogP contribution in [0.3, 0.4) is 0 Å². The molecule has 1 aromatic carbocycles. The van der Waals surface area contributed by atoms with Crippen LogP contribution in [0.25, 0.3) is 22.0 Å². The third-order valence-corrected chi connectivity index (χ3v) is 5.11. The molecule has 156 valence electrons. The summed E-state index contributed by atoms with van der Waals surface area (Å²) in [5, 5.41) is 14.4. The molecule has 4 rings (SSSR count). The average molecular weight is 415 g/mol. The van der Waals surface area contributed by atoms with Gasteiger partial charge in [0, 0.05) is 43.8 Å². The highest BCUT2D eigenvalue weighted by Crippen LogP contribution is 2.31. The van der Waals surface area contributed by atoms with Crippen molar-refractivity contribution in [2.45, 2.75) is 31.9 Å². The molecule has 6 nitrogen and oxygen atoms in total. The van der Waals surface area contributed by atoms with Gasteiger partial charge in [0.25, 0.3) is 0 Å². The Kier molecular flexibility index (Phi) is 5.22. The van der Waals surface area contributed by atoms with Crippen molar-refractivity contribution in [1.82, 2.24) is 19.7 Å². The number of alkyl halides is 3. The van der Waals surface area contributed by atoms with E-state index in [0.717, 1.165) is 22.1 Å². The Labute approximate surface area is 171 Å².